The monoisotopic (exact) mass is 455 g/mol. The Morgan fingerprint density at radius 1 is 1.22 bits per heavy atom. The minimum atomic E-state index is -0.340. The van der Waals surface area contributed by atoms with Gasteiger partial charge in [-0.05, 0) is 36.8 Å². The average molecular weight is 456 g/mol. The van der Waals surface area contributed by atoms with Crippen LogP contribution in [0.2, 0.25) is 5.02 Å². The maximum atomic E-state index is 12.7. The smallest absolute Gasteiger partial charge is 0.252 e. The second-order valence-electron chi connectivity index (χ2n) is 7.92. The van der Waals surface area contributed by atoms with Gasteiger partial charge in [-0.25, -0.2) is 9.97 Å². The van der Waals surface area contributed by atoms with Gasteiger partial charge in [-0.1, -0.05) is 32.4 Å². The number of anilines is 1. The quantitative estimate of drug-likeness (QED) is 0.520. The summed E-state index contributed by atoms with van der Waals surface area (Å²) in [4.78, 5) is 21.2. The number of amides is 1. The van der Waals surface area contributed by atoms with Gasteiger partial charge in [0, 0.05) is 30.0 Å². The number of halogens is 1. The van der Waals surface area contributed by atoms with Crippen LogP contribution in [-0.2, 0) is 10.2 Å². The van der Waals surface area contributed by atoms with Gasteiger partial charge in [-0.2, -0.15) is 9.78 Å². The van der Waals surface area contributed by atoms with E-state index in [1.54, 1.807) is 36.7 Å². The van der Waals surface area contributed by atoms with E-state index in [2.05, 4.69) is 20.4 Å². The van der Waals surface area contributed by atoms with E-state index in [0.717, 1.165) is 5.69 Å². The van der Waals surface area contributed by atoms with E-state index in [0.29, 0.717) is 40.5 Å². The zero-order valence-corrected chi connectivity index (χ0v) is 19.5. The second kappa shape index (κ2) is 9.82. The number of hydrogen-bond acceptors (Lipinski definition) is 6. The van der Waals surface area contributed by atoms with Crippen LogP contribution in [0.25, 0.3) is 12.0 Å². The molecular formula is C23H26ClN5O3. The third-order valence-electron chi connectivity index (χ3n) is 4.43. The van der Waals surface area contributed by atoms with Crippen molar-refractivity contribution in [1.82, 2.24) is 19.7 Å². The third kappa shape index (κ3) is 5.45. The molecular weight excluding hydrogens is 430 g/mol. The average Bonchev–Trinajstić information content (AvgIpc) is 3.17. The molecule has 0 unspecified atom stereocenters. The number of aromatic nitrogens is 4. The zero-order valence-electron chi connectivity index (χ0n) is 18.7. The van der Waals surface area contributed by atoms with Crippen molar-refractivity contribution in [2.75, 3.05) is 19.0 Å². The van der Waals surface area contributed by atoms with Gasteiger partial charge in [0.1, 0.15) is 5.82 Å². The number of nitrogens with zero attached hydrogens (tertiary/aromatic N) is 4. The summed E-state index contributed by atoms with van der Waals surface area (Å²) >= 11 is 6.28. The molecule has 0 saturated heterocycles. The first-order chi connectivity index (χ1) is 15.2. The highest BCUT2D eigenvalue weighted by atomic mass is 35.5. The summed E-state index contributed by atoms with van der Waals surface area (Å²) in [6.07, 6.45) is 6.30. The van der Waals surface area contributed by atoms with Crippen molar-refractivity contribution >= 4 is 29.4 Å². The van der Waals surface area contributed by atoms with Gasteiger partial charge in [0.2, 0.25) is 5.91 Å². The lowest BCUT2D eigenvalue weighted by atomic mass is 9.92. The summed E-state index contributed by atoms with van der Waals surface area (Å²) in [6, 6.07) is 7.00. The van der Waals surface area contributed by atoms with Crippen LogP contribution in [0.1, 0.15) is 39.0 Å². The molecule has 1 N–H and O–H groups in total. The van der Waals surface area contributed by atoms with Crippen molar-refractivity contribution < 1.29 is 14.3 Å². The Hall–Kier alpha value is -3.39. The molecule has 9 heteroatoms. The van der Waals surface area contributed by atoms with Gasteiger partial charge in [0.15, 0.2) is 11.5 Å². The Morgan fingerprint density at radius 2 is 1.94 bits per heavy atom. The molecule has 0 radical (unpaired) electrons. The molecule has 3 rings (SSSR count). The molecule has 0 saturated carbocycles. The molecule has 0 aliphatic rings. The van der Waals surface area contributed by atoms with E-state index in [1.165, 1.54) is 17.9 Å². The Balaban J connectivity index is 1.86. The minimum Gasteiger partial charge on any atom is -0.491 e. The molecule has 168 valence electrons. The van der Waals surface area contributed by atoms with Crippen molar-refractivity contribution in [2.45, 2.75) is 33.1 Å². The van der Waals surface area contributed by atoms with Gasteiger partial charge in [0.25, 0.3) is 5.95 Å². The standard InChI is InChI=1S/C23H26ClN5O3/c1-6-32-17-13-15(12-16(24)21(17)31-5)8-9-20(30)27-19-14-18(23(2,3)4)28-29(19)22-25-10-7-11-26-22/h7-14H,6H2,1-5H3,(H,27,30)/b9-8+. The largest absolute Gasteiger partial charge is 0.491 e. The molecule has 32 heavy (non-hydrogen) atoms. The highest BCUT2D eigenvalue weighted by molar-refractivity contribution is 6.32. The number of methoxy groups -OCH3 is 1. The lowest BCUT2D eigenvalue weighted by molar-refractivity contribution is -0.111. The van der Waals surface area contributed by atoms with E-state index in [9.17, 15) is 4.79 Å². The summed E-state index contributed by atoms with van der Waals surface area (Å²) in [5.74, 6) is 1.46. The summed E-state index contributed by atoms with van der Waals surface area (Å²) in [5, 5.41) is 7.84. The normalized spacial score (nSPS) is 11.6. The minimum absolute atomic E-state index is 0.217. The first-order valence-corrected chi connectivity index (χ1v) is 10.5. The number of ether oxygens (including phenoxy) is 2. The highest BCUT2D eigenvalue weighted by Gasteiger charge is 2.22. The molecule has 0 spiro atoms. The predicted octanol–water partition coefficient (Wildman–Crippen LogP) is 4.67. The van der Waals surface area contributed by atoms with Gasteiger partial charge >= 0.3 is 0 Å². The van der Waals surface area contributed by atoms with Crippen LogP contribution < -0.4 is 14.8 Å². The number of carbonyl (C=O) groups is 1. The van der Waals surface area contributed by atoms with Crippen LogP contribution in [0.5, 0.6) is 11.5 Å². The van der Waals surface area contributed by atoms with Crippen LogP contribution in [0, 0.1) is 0 Å². The number of nitrogens with one attached hydrogen (secondary N) is 1. The van der Waals surface area contributed by atoms with Gasteiger partial charge in [-0.3, -0.25) is 4.79 Å². The number of rotatable bonds is 7. The Kier molecular flexibility index (Phi) is 7.15. The van der Waals surface area contributed by atoms with Crippen LogP contribution in [0.15, 0.2) is 42.7 Å². The fourth-order valence-electron chi connectivity index (χ4n) is 2.87. The second-order valence-corrected chi connectivity index (χ2v) is 8.32. The first-order valence-electron chi connectivity index (χ1n) is 10.1. The SMILES string of the molecule is CCOc1cc(/C=C/C(=O)Nc2cc(C(C)(C)C)nn2-c2ncccn2)cc(Cl)c1OC. The molecule has 1 aromatic carbocycles. The van der Waals surface area contributed by atoms with Gasteiger partial charge in [0.05, 0.1) is 24.4 Å². The van der Waals surface area contributed by atoms with Crippen LogP contribution in [-0.4, -0.2) is 39.4 Å². The van der Waals surface area contributed by atoms with Crippen LogP contribution in [0.4, 0.5) is 5.82 Å². The molecule has 0 aliphatic heterocycles. The molecule has 8 nitrogen and oxygen atoms in total. The van der Waals surface area contributed by atoms with E-state index >= 15 is 0 Å². The number of benzene rings is 1. The Bertz CT molecular complexity index is 1120. The third-order valence-corrected chi connectivity index (χ3v) is 4.71. The molecule has 0 bridgehead atoms. The van der Waals surface area contributed by atoms with Crippen molar-refractivity contribution in [1.29, 1.82) is 0 Å². The number of hydrogen-bond donors (Lipinski definition) is 1. The van der Waals surface area contributed by atoms with Gasteiger partial charge in [-0.15, -0.1) is 0 Å². The zero-order chi connectivity index (χ0) is 23.3. The van der Waals surface area contributed by atoms with Crippen molar-refractivity contribution in [2.24, 2.45) is 0 Å². The Morgan fingerprint density at radius 3 is 2.56 bits per heavy atom. The van der Waals surface area contributed by atoms with E-state index in [4.69, 9.17) is 21.1 Å². The lowest BCUT2D eigenvalue weighted by Crippen LogP contribution is -2.14. The van der Waals surface area contributed by atoms with E-state index in [1.807, 2.05) is 33.8 Å². The maximum absolute atomic E-state index is 12.7. The molecule has 2 aromatic heterocycles. The highest BCUT2D eigenvalue weighted by Crippen LogP contribution is 2.36. The molecule has 2 heterocycles. The molecule has 0 fully saturated rings. The first kappa shape index (κ1) is 23.3. The maximum Gasteiger partial charge on any atom is 0.252 e. The molecule has 1 amide bonds. The van der Waals surface area contributed by atoms with E-state index in [-0.39, 0.29) is 11.3 Å². The predicted molar refractivity (Wildman–Crippen MR) is 125 cm³/mol. The lowest BCUT2D eigenvalue weighted by Gasteiger charge is -2.13. The molecule has 3 aromatic rings. The summed E-state index contributed by atoms with van der Waals surface area (Å²) in [7, 11) is 1.53. The fraction of sp³-hybridized carbons (Fsp3) is 0.304. The topological polar surface area (TPSA) is 91.2 Å². The number of carbonyl (C=O) groups excluding carboxylic acids is 1. The molecule has 0 atom stereocenters. The van der Waals surface area contributed by atoms with Gasteiger partial charge < -0.3 is 14.8 Å². The van der Waals surface area contributed by atoms with Crippen LogP contribution >= 0.6 is 11.6 Å². The fourth-order valence-corrected chi connectivity index (χ4v) is 3.17. The summed E-state index contributed by atoms with van der Waals surface area (Å²) < 4.78 is 12.4. The van der Waals surface area contributed by atoms with Crippen LogP contribution in [0.3, 0.4) is 0 Å². The van der Waals surface area contributed by atoms with E-state index < -0.39 is 0 Å². The Labute approximate surface area is 192 Å². The molecule has 0 aliphatic carbocycles. The summed E-state index contributed by atoms with van der Waals surface area (Å²) in [5.41, 5.74) is 1.28. The van der Waals surface area contributed by atoms with Crippen molar-refractivity contribution in [3.63, 3.8) is 0 Å². The van der Waals surface area contributed by atoms with Crippen molar-refractivity contribution in [3.8, 4) is 17.4 Å². The summed E-state index contributed by atoms with van der Waals surface area (Å²) in [6.45, 7) is 8.46. The van der Waals surface area contributed by atoms with Crippen molar-refractivity contribution in [3.05, 3.63) is 59.0 Å².